The number of unbranched alkanes of at least 4 members (excludes halogenated alkanes) is 7. The van der Waals surface area contributed by atoms with Crippen molar-refractivity contribution in [2.75, 3.05) is 12.3 Å². The van der Waals surface area contributed by atoms with Crippen molar-refractivity contribution in [3.63, 3.8) is 0 Å². The van der Waals surface area contributed by atoms with Gasteiger partial charge in [-0.05, 0) is 73.4 Å². The van der Waals surface area contributed by atoms with E-state index in [2.05, 4.69) is 6.92 Å². The average molecular weight is 597 g/mol. The molecule has 1 atom stereocenters. The topological polar surface area (TPSA) is 66.6 Å². The highest BCUT2D eigenvalue weighted by molar-refractivity contribution is 7.99. The third-order valence-electron chi connectivity index (χ3n) is 6.59. The Morgan fingerprint density at radius 2 is 1.77 bits per heavy atom. The molecule has 0 amide bonds. The molecule has 3 rings (SSSR count). The maximum Gasteiger partial charge on any atom is 0.416 e. The first-order valence-electron chi connectivity index (χ1n) is 14.2. The first kappa shape index (κ1) is 34.0. The van der Waals surface area contributed by atoms with Gasteiger partial charge in [0.2, 0.25) is 0 Å². The summed E-state index contributed by atoms with van der Waals surface area (Å²) in [5.74, 6) is -0.331. The Morgan fingerprint density at radius 3 is 2.40 bits per heavy atom. The fourth-order valence-corrected chi connectivity index (χ4v) is 6.08. The third kappa shape index (κ3) is 13.0. The molecular formula is C31H43F3N2O2S2. The molecule has 9 heteroatoms. The van der Waals surface area contributed by atoms with Crippen molar-refractivity contribution < 1.29 is 23.1 Å². The smallest absolute Gasteiger partial charge is 0.416 e. The molecule has 3 N–H and O–H groups in total. The minimum atomic E-state index is -4.35. The van der Waals surface area contributed by atoms with Gasteiger partial charge in [0.15, 0.2) is 0 Å². The van der Waals surface area contributed by atoms with Gasteiger partial charge >= 0.3 is 12.1 Å². The standard InChI is InChI=1S/C21H20F3NO2S2.C10H23N/c22-21(23,24)15-5-1-6-16(13-15)28-12-4-9-19-18(20(26)27)8-2-10-25(19)14-17-7-3-11-29-17;1-2-3-4-5-6-7-8-9-10-11/h1-3,5-8,10-11,13,19H,4,9,12,14H2,(H,26,27);2-11H2,1H3. The molecule has 0 aliphatic carbocycles. The molecule has 40 heavy (non-hydrogen) atoms. The number of allylic oxidation sites excluding steroid dienone is 2. The van der Waals surface area contributed by atoms with Crippen LogP contribution in [0, 0.1) is 0 Å². The van der Waals surface area contributed by atoms with Crippen LogP contribution in [0.4, 0.5) is 13.2 Å². The first-order valence-corrected chi connectivity index (χ1v) is 16.0. The molecule has 2 heterocycles. The Kier molecular flexibility index (Phi) is 16.1. The molecular weight excluding hydrogens is 553 g/mol. The van der Waals surface area contributed by atoms with Crippen molar-refractivity contribution in [2.45, 2.75) is 94.8 Å². The number of thioether (sulfide) groups is 1. The number of alkyl halides is 3. The van der Waals surface area contributed by atoms with Crippen LogP contribution in [0.1, 0.15) is 81.6 Å². The molecule has 1 aromatic carbocycles. The average Bonchev–Trinajstić information content (AvgIpc) is 3.44. The van der Waals surface area contributed by atoms with Crippen molar-refractivity contribution in [2.24, 2.45) is 5.73 Å². The number of carboxylic acids is 1. The molecule has 2 aromatic rings. The van der Waals surface area contributed by atoms with Crippen LogP contribution in [0.3, 0.4) is 0 Å². The van der Waals surface area contributed by atoms with Gasteiger partial charge in [0.1, 0.15) is 0 Å². The van der Waals surface area contributed by atoms with Crippen LogP contribution in [0.25, 0.3) is 0 Å². The summed E-state index contributed by atoms with van der Waals surface area (Å²) in [6, 6.07) is 8.99. The van der Waals surface area contributed by atoms with Crippen LogP contribution in [0.15, 0.2) is 70.6 Å². The number of benzene rings is 1. The summed E-state index contributed by atoms with van der Waals surface area (Å²) < 4.78 is 38.5. The van der Waals surface area contributed by atoms with Gasteiger partial charge in [-0.2, -0.15) is 13.2 Å². The van der Waals surface area contributed by atoms with E-state index in [0.29, 0.717) is 35.6 Å². The summed E-state index contributed by atoms with van der Waals surface area (Å²) in [5, 5.41) is 11.5. The number of thiophene rings is 1. The molecule has 1 aliphatic rings. The molecule has 1 unspecified atom stereocenters. The third-order valence-corrected chi connectivity index (χ3v) is 8.53. The quantitative estimate of drug-likeness (QED) is 0.149. The van der Waals surface area contributed by atoms with Gasteiger partial charge in [0.25, 0.3) is 0 Å². The predicted octanol–water partition coefficient (Wildman–Crippen LogP) is 9.13. The van der Waals surface area contributed by atoms with Gasteiger partial charge < -0.3 is 15.7 Å². The van der Waals surface area contributed by atoms with E-state index < -0.39 is 17.7 Å². The minimum absolute atomic E-state index is 0.262. The van der Waals surface area contributed by atoms with Crippen LogP contribution >= 0.6 is 23.1 Å². The zero-order chi connectivity index (χ0) is 29.2. The van der Waals surface area contributed by atoms with Gasteiger partial charge in [-0.25, -0.2) is 4.79 Å². The van der Waals surface area contributed by atoms with Crippen molar-refractivity contribution in [1.29, 1.82) is 0 Å². The van der Waals surface area contributed by atoms with Crippen molar-refractivity contribution in [3.05, 3.63) is 76.1 Å². The molecule has 0 radical (unpaired) electrons. The Labute approximate surface area is 245 Å². The Bertz CT molecular complexity index is 1030. The normalized spacial score (nSPS) is 15.0. The molecule has 1 aliphatic heterocycles. The SMILES string of the molecule is CCCCCCCCCCN.O=C(O)C1=CC=CN(Cc2cccs2)C1CCCSc1cccc(C(F)(F)F)c1. The van der Waals surface area contributed by atoms with E-state index in [0.717, 1.165) is 23.6 Å². The van der Waals surface area contributed by atoms with Gasteiger partial charge in [-0.1, -0.05) is 64.0 Å². The monoisotopic (exact) mass is 596 g/mol. The number of aliphatic carboxylic acids is 1. The lowest BCUT2D eigenvalue weighted by Gasteiger charge is -2.33. The molecule has 4 nitrogen and oxygen atoms in total. The number of nitrogens with two attached hydrogens (primary N) is 1. The number of hydrogen-bond acceptors (Lipinski definition) is 5. The van der Waals surface area contributed by atoms with Crippen LogP contribution < -0.4 is 5.73 Å². The number of nitrogens with zero attached hydrogens (tertiary/aromatic N) is 1. The number of halogens is 3. The highest BCUT2D eigenvalue weighted by atomic mass is 32.2. The van der Waals surface area contributed by atoms with E-state index >= 15 is 0 Å². The number of carbonyl (C=O) groups is 1. The van der Waals surface area contributed by atoms with E-state index in [-0.39, 0.29) is 6.04 Å². The summed E-state index contributed by atoms with van der Waals surface area (Å²) in [5.41, 5.74) is 5.08. The number of rotatable bonds is 16. The van der Waals surface area contributed by atoms with E-state index in [4.69, 9.17) is 5.73 Å². The summed E-state index contributed by atoms with van der Waals surface area (Å²) in [4.78, 5) is 15.4. The lowest BCUT2D eigenvalue weighted by atomic mass is 9.98. The fourth-order valence-electron chi connectivity index (χ4n) is 4.44. The largest absolute Gasteiger partial charge is 0.478 e. The molecule has 0 saturated carbocycles. The molecule has 0 fully saturated rings. The zero-order valence-electron chi connectivity index (χ0n) is 23.4. The second-order valence-electron chi connectivity index (χ2n) is 9.82. The Hall–Kier alpha value is -2.23. The van der Waals surface area contributed by atoms with Gasteiger partial charge in [-0.15, -0.1) is 23.1 Å². The maximum atomic E-state index is 12.8. The Morgan fingerprint density at radius 1 is 1.05 bits per heavy atom. The summed E-state index contributed by atoms with van der Waals surface area (Å²) >= 11 is 2.97. The van der Waals surface area contributed by atoms with E-state index in [1.165, 1.54) is 69.2 Å². The maximum absolute atomic E-state index is 12.8. The molecule has 1 aromatic heterocycles. The predicted molar refractivity (Wildman–Crippen MR) is 162 cm³/mol. The molecule has 0 bridgehead atoms. The van der Waals surface area contributed by atoms with Crippen LogP contribution in [-0.4, -0.2) is 34.3 Å². The van der Waals surface area contributed by atoms with Crippen molar-refractivity contribution >= 4 is 29.1 Å². The highest BCUT2D eigenvalue weighted by Gasteiger charge is 2.30. The van der Waals surface area contributed by atoms with Crippen molar-refractivity contribution in [3.8, 4) is 0 Å². The fraction of sp³-hybridized carbons (Fsp3) is 0.516. The minimum Gasteiger partial charge on any atom is -0.478 e. The second kappa shape index (κ2) is 19.0. The molecule has 0 spiro atoms. The highest BCUT2D eigenvalue weighted by Crippen LogP contribution is 2.32. The van der Waals surface area contributed by atoms with E-state index in [1.54, 1.807) is 29.6 Å². The Balaban J connectivity index is 0.000000432. The lowest BCUT2D eigenvalue weighted by molar-refractivity contribution is -0.137. The van der Waals surface area contributed by atoms with Crippen LogP contribution in [0.5, 0.6) is 0 Å². The summed E-state index contributed by atoms with van der Waals surface area (Å²) in [6.07, 6.45) is 13.2. The van der Waals surface area contributed by atoms with Crippen LogP contribution in [-0.2, 0) is 17.5 Å². The molecule has 222 valence electrons. The number of carboxylic acid groups (broad SMARTS) is 1. The molecule has 0 saturated heterocycles. The van der Waals surface area contributed by atoms with E-state index in [9.17, 15) is 23.1 Å². The van der Waals surface area contributed by atoms with E-state index in [1.807, 2.05) is 28.6 Å². The summed E-state index contributed by atoms with van der Waals surface area (Å²) in [7, 11) is 0. The lowest BCUT2D eigenvalue weighted by Crippen LogP contribution is -2.36. The second-order valence-corrected chi connectivity index (χ2v) is 12.0. The first-order chi connectivity index (χ1) is 19.3. The van der Waals surface area contributed by atoms with Crippen molar-refractivity contribution in [1.82, 2.24) is 4.90 Å². The zero-order valence-corrected chi connectivity index (χ0v) is 25.0. The number of hydrogen-bond donors (Lipinski definition) is 2. The van der Waals surface area contributed by atoms with Gasteiger partial charge in [0.05, 0.1) is 23.7 Å². The van der Waals surface area contributed by atoms with Gasteiger partial charge in [0, 0.05) is 16.0 Å². The summed E-state index contributed by atoms with van der Waals surface area (Å²) in [6.45, 7) is 3.76. The van der Waals surface area contributed by atoms with Crippen LogP contribution in [0.2, 0.25) is 0 Å². The van der Waals surface area contributed by atoms with Gasteiger partial charge in [-0.3, -0.25) is 0 Å².